The first kappa shape index (κ1) is 18.1. The molecule has 1 saturated heterocycles. The average Bonchev–Trinajstić information content (AvgIpc) is 2.67. The summed E-state index contributed by atoms with van der Waals surface area (Å²) in [5.41, 5.74) is -0.592. The third kappa shape index (κ3) is 3.19. The molecule has 0 aromatic carbocycles. The maximum atomic E-state index is 12.3. The number of carbonyl (C=O) groups is 1. The number of carboxylic acid groups (broad SMARTS) is 1. The fraction of sp³-hybridized carbons (Fsp3) is 0.438. The molecule has 0 radical (unpaired) electrons. The predicted octanol–water partition coefficient (Wildman–Crippen LogP) is -1.20. The van der Waals surface area contributed by atoms with Gasteiger partial charge >= 0.3 is 0 Å². The van der Waals surface area contributed by atoms with E-state index in [1.54, 1.807) is 11.6 Å². The summed E-state index contributed by atoms with van der Waals surface area (Å²) in [5.74, 6) is -0.991. The van der Waals surface area contributed by atoms with E-state index in [0.717, 1.165) is 13.1 Å². The average molecular weight is 375 g/mol. The Morgan fingerprint density at radius 1 is 1.35 bits per heavy atom. The lowest BCUT2D eigenvalue weighted by Crippen LogP contribution is -2.51. The first-order valence-corrected chi connectivity index (χ1v) is 8.70. The van der Waals surface area contributed by atoms with E-state index in [0.29, 0.717) is 36.3 Å². The Labute approximate surface area is 155 Å². The van der Waals surface area contributed by atoms with Gasteiger partial charge in [0, 0.05) is 52.2 Å². The molecule has 1 aliphatic rings. The van der Waals surface area contributed by atoms with Gasteiger partial charge in [-0.15, -0.1) is 0 Å². The number of anilines is 1. The second kappa shape index (κ2) is 7.24. The van der Waals surface area contributed by atoms with Crippen molar-refractivity contribution in [3.8, 4) is 0 Å². The Balaban J connectivity index is 1.95. The summed E-state index contributed by atoms with van der Waals surface area (Å²) in [5, 5.41) is 15.0. The molecule has 2 aromatic rings. The van der Waals surface area contributed by atoms with E-state index in [1.165, 1.54) is 12.4 Å². The van der Waals surface area contributed by atoms with E-state index in [-0.39, 0.29) is 10.9 Å². The molecule has 0 saturated carbocycles. The predicted molar refractivity (Wildman–Crippen MR) is 99.2 cm³/mol. The Morgan fingerprint density at radius 3 is 2.62 bits per heavy atom. The number of thiocarbonyl (C=S) groups is 1. The van der Waals surface area contributed by atoms with Crippen molar-refractivity contribution in [1.82, 2.24) is 24.8 Å². The SMILES string of the molecule is CCn1cc(C(=O)[O-])c(=O)c2cnc(N3CCN(C(=S)NC)CC3)nc21. The normalized spacial score (nSPS) is 14.5. The summed E-state index contributed by atoms with van der Waals surface area (Å²) in [6.07, 6.45) is 2.67. The van der Waals surface area contributed by atoms with Crippen LogP contribution in [-0.2, 0) is 6.54 Å². The minimum atomic E-state index is -1.50. The van der Waals surface area contributed by atoms with Crippen LogP contribution in [0.25, 0.3) is 11.0 Å². The van der Waals surface area contributed by atoms with Gasteiger partial charge in [0.05, 0.1) is 16.9 Å². The fourth-order valence-electron chi connectivity index (χ4n) is 2.97. The second-order valence-electron chi connectivity index (χ2n) is 5.88. The minimum Gasteiger partial charge on any atom is -0.545 e. The van der Waals surface area contributed by atoms with Gasteiger partial charge in [0.25, 0.3) is 0 Å². The summed E-state index contributed by atoms with van der Waals surface area (Å²) in [6, 6.07) is 0. The smallest absolute Gasteiger partial charge is 0.227 e. The molecule has 0 spiro atoms. The molecule has 1 fully saturated rings. The third-order valence-electron chi connectivity index (χ3n) is 4.43. The number of carbonyl (C=O) groups excluding carboxylic acids is 1. The summed E-state index contributed by atoms with van der Waals surface area (Å²) in [4.78, 5) is 36.4. The van der Waals surface area contributed by atoms with Crippen LogP contribution in [0.4, 0.5) is 5.95 Å². The number of fused-ring (bicyclic) bond motifs is 1. The van der Waals surface area contributed by atoms with Crippen molar-refractivity contribution in [1.29, 1.82) is 0 Å². The fourth-order valence-corrected chi connectivity index (χ4v) is 3.15. The van der Waals surface area contributed by atoms with Crippen LogP contribution in [0, 0.1) is 0 Å². The Hall–Kier alpha value is -2.75. The molecule has 3 heterocycles. The van der Waals surface area contributed by atoms with Crippen LogP contribution in [0.15, 0.2) is 17.2 Å². The lowest BCUT2D eigenvalue weighted by Gasteiger charge is -2.35. The van der Waals surface area contributed by atoms with E-state index < -0.39 is 11.4 Å². The Morgan fingerprint density at radius 2 is 2.04 bits per heavy atom. The highest BCUT2D eigenvalue weighted by Crippen LogP contribution is 2.16. The maximum absolute atomic E-state index is 12.3. The van der Waals surface area contributed by atoms with E-state index in [4.69, 9.17) is 12.2 Å². The zero-order chi connectivity index (χ0) is 18.8. The minimum absolute atomic E-state index is 0.173. The van der Waals surface area contributed by atoms with Crippen LogP contribution in [-0.4, -0.2) is 63.7 Å². The molecule has 10 heteroatoms. The first-order chi connectivity index (χ1) is 12.5. The molecule has 138 valence electrons. The van der Waals surface area contributed by atoms with Crippen molar-refractivity contribution in [2.45, 2.75) is 13.5 Å². The number of aromatic carboxylic acids is 1. The lowest BCUT2D eigenvalue weighted by atomic mass is 10.2. The van der Waals surface area contributed by atoms with Crippen LogP contribution >= 0.6 is 12.2 Å². The van der Waals surface area contributed by atoms with E-state index in [2.05, 4.69) is 20.2 Å². The van der Waals surface area contributed by atoms with E-state index in [1.807, 2.05) is 11.8 Å². The highest BCUT2D eigenvalue weighted by atomic mass is 32.1. The van der Waals surface area contributed by atoms with E-state index >= 15 is 0 Å². The molecule has 0 unspecified atom stereocenters. The molecule has 2 aromatic heterocycles. The molecule has 0 bridgehead atoms. The molecular weight excluding hydrogens is 356 g/mol. The number of nitrogens with one attached hydrogen (secondary N) is 1. The monoisotopic (exact) mass is 375 g/mol. The number of hydrogen-bond donors (Lipinski definition) is 1. The Bertz CT molecular complexity index is 920. The van der Waals surface area contributed by atoms with Gasteiger partial charge in [-0.25, -0.2) is 4.98 Å². The van der Waals surface area contributed by atoms with Gasteiger partial charge in [-0.05, 0) is 19.1 Å². The highest BCUT2D eigenvalue weighted by molar-refractivity contribution is 7.80. The molecule has 0 aliphatic carbocycles. The standard InChI is InChI=1S/C16H20N6O3S/c1-3-20-9-11(14(24)25)12(23)10-8-18-15(19-13(10)20)21-4-6-22(7-5-21)16(26)17-2/h8-9H,3-7H2,1-2H3,(H,17,26)(H,24,25)/p-1. The van der Waals surface area contributed by atoms with E-state index in [9.17, 15) is 14.7 Å². The van der Waals surface area contributed by atoms with Gasteiger partial charge in [-0.3, -0.25) is 4.79 Å². The van der Waals surface area contributed by atoms with Gasteiger partial charge in [0.1, 0.15) is 5.65 Å². The Kier molecular flexibility index (Phi) is 5.03. The van der Waals surface area contributed by atoms with Crippen LogP contribution in [0.5, 0.6) is 0 Å². The van der Waals surface area contributed by atoms with Crippen molar-refractivity contribution in [2.24, 2.45) is 0 Å². The van der Waals surface area contributed by atoms with Gasteiger partial charge in [-0.1, -0.05) is 0 Å². The summed E-state index contributed by atoms with van der Waals surface area (Å²) >= 11 is 5.25. The van der Waals surface area contributed by atoms with Crippen molar-refractivity contribution in [3.05, 3.63) is 28.2 Å². The van der Waals surface area contributed by atoms with Crippen molar-refractivity contribution < 1.29 is 9.90 Å². The zero-order valence-corrected chi connectivity index (χ0v) is 15.4. The lowest BCUT2D eigenvalue weighted by molar-refractivity contribution is -0.255. The van der Waals surface area contributed by atoms with Crippen molar-refractivity contribution in [3.63, 3.8) is 0 Å². The maximum Gasteiger partial charge on any atom is 0.227 e. The first-order valence-electron chi connectivity index (χ1n) is 8.29. The number of carboxylic acids is 1. The largest absolute Gasteiger partial charge is 0.545 e. The highest BCUT2D eigenvalue weighted by Gasteiger charge is 2.21. The summed E-state index contributed by atoms with van der Waals surface area (Å²) < 4.78 is 1.62. The molecule has 3 rings (SSSR count). The van der Waals surface area contributed by atoms with Gasteiger partial charge in [-0.2, -0.15) is 4.98 Å². The zero-order valence-electron chi connectivity index (χ0n) is 14.6. The number of pyridine rings is 1. The van der Waals surface area contributed by atoms with Crippen LogP contribution < -0.4 is 20.8 Å². The quantitative estimate of drug-likeness (QED) is 0.662. The molecule has 0 atom stereocenters. The number of hydrogen-bond acceptors (Lipinski definition) is 7. The summed E-state index contributed by atoms with van der Waals surface area (Å²) in [7, 11) is 1.80. The number of nitrogens with zero attached hydrogens (tertiary/aromatic N) is 5. The topological polar surface area (TPSA) is 106 Å². The number of aromatic nitrogens is 3. The molecule has 1 N–H and O–H groups in total. The van der Waals surface area contributed by atoms with Crippen molar-refractivity contribution in [2.75, 3.05) is 38.1 Å². The van der Waals surface area contributed by atoms with Gasteiger partial charge < -0.3 is 29.6 Å². The van der Waals surface area contributed by atoms with Gasteiger partial charge in [0.2, 0.25) is 11.4 Å². The van der Waals surface area contributed by atoms with Crippen LogP contribution in [0.3, 0.4) is 0 Å². The van der Waals surface area contributed by atoms with Crippen LogP contribution in [0.1, 0.15) is 17.3 Å². The number of aryl methyl sites for hydroxylation is 1. The van der Waals surface area contributed by atoms with Crippen molar-refractivity contribution >= 4 is 40.3 Å². The third-order valence-corrected chi connectivity index (χ3v) is 4.89. The molecular formula is C16H19N6O3S-. The second-order valence-corrected chi connectivity index (χ2v) is 6.27. The molecule has 26 heavy (non-hydrogen) atoms. The number of rotatable bonds is 3. The summed E-state index contributed by atoms with van der Waals surface area (Å²) in [6.45, 7) is 5.19. The van der Waals surface area contributed by atoms with Gasteiger partial charge in [0.15, 0.2) is 5.11 Å². The van der Waals surface area contributed by atoms with Crippen LogP contribution in [0.2, 0.25) is 0 Å². The molecule has 1 aliphatic heterocycles. The molecule has 9 nitrogen and oxygen atoms in total. The number of piperazine rings is 1. The molecule has 0 amide bonds.